The SMILES string of the molecule is Cc1nc(NC(CCC(=O)O)Cc2ccccc2)ccc1[N+](=O)[O-]. The number of carboxylic acids is 1. The Morgan fingerprint density at radius 2 is 2.00 bits per heavy atom. The molecule has 1 atom stereocenters. The van der Waals surface area contributed by atoms with Gasteiger partial charge in [0.05, 0.1) is 4.92 Å². The molecule has 126 valence electrons. The Balaban J connectivity index is 2.13. The third kappa shape index (κ3) is 5.05. The van der Waals surface area contributed by atoms with E-state index >= 15 is 0 Å². The monoisotopic (exact) mass is 329 g/mol. The van der Waals surface area contributed by atoms with E-state index in [1.165, 1.54) is 6.07 Å². The lowest BCUT2D eigenvalue weighted by Gasteiger charge is -2.19. The van der Waals surface area contributed by atoms with Crippen LogP contribution in [0.15, 0.2) is 42.5 Å². The molecule has 0 spiro atoms. The number of nitro groups is 1. The van der Waals surface area contributed by atoms with Gasteiger partial charge in [-0.05, 0) is 31.4 Å². The molecular formula is C17H19N3O4. The molecule has 0 radical (unpaired) electrons. The van der Waals surface area contributed by atoms with Gasteiger partial charge in [0.25, 0.3) is 5.69 Å². The first-order chi connectivity index (χ1) is 11.5. The number of benzene rings is 1. The zero-order valence-electron chi connectivity index (χ0n) is 13.3. The first-order valence-corrected chi connectivity index (χ1v) is 7.60. The molecule has 0 saturated heterocycles. The number of hydrogen-bond acceptors (Lipinski definition) is 5. The fourth-order valence-corrected chi connectivity index (χ4v) is 2.46. The average molecular weight is 329 g/mol. The molecule has 7 heteroatoms. The van der Waals surface area contributed by atoms with E-state index in [-0.39, 0.29) is 18.2 Å². The molecule has 0 fully saturated rings. The fraction of sp³-hybridized carbons (Fsp3) is 0.294. The molecule has 1 aromatic heterocycles. The fourth-order valence-electron chi connectivity index (χ4n) is 2.46. The van der Waals surface area contributed by atoms with Gasteiger partial charge in [0.1, 0.15) is 11.5 Å². The highest BCUT2D eigenvalue weighted by atomic mass is 16.6. The van der Waals surface area contributed by atoms with Crippen LogP contribution in [0, 0.1) is 17.0 Å². The predicted octanol–water partition coefficient (Wildman–Crippen LogP) is 3.19. The van der Waals surface area contributed by atoms with E-state index in [0.29, 0.717) is 24.4 Å². The van der Waals surface area contributed by atoms with Crippen molar-refractivity contribution in [2.75, 3.05) is 5.32 Å². The van der Waals surface area contributed by atoms with Gasteiger partial charge >= 0.3 is 5.97 Å². The van der Waals surface area contributed by atoms with E-state index in [1.807, 2.05) is 30.3 Å². The Bertz CT molecular complexity index is 719. The summed E-state index contributed by atoms with van der Waals surface area (Å²) in [4.78, 5) is 25.4. The number of pyridine rings is 1. The molecule has 0 saturated carbocycles. The number of carbonyl (C=O) groups is 1. The number of nitrogens with one attached hydrogen (secondary N) is 1. The molecular weight excluding hydrogens is 310 g/mol. The highest BCUT2D eigenvalue weighted by molar-refractivity contribution is 5.66. The molecule has 0 bridgehead atoms. The van der Waals surface area contributed by atoms with Crippen molar-refractivity contribution in [3.63, 3.8) is 0 Å². The van der Waals surface area contributed by atoms with Gasteiger partial charge in [-0.25, -0.2) is 4.98 Å². The number of aryl methyl sites for hydroxylation is 1. The normalized spacial score (nSPS) is 11.7. The second-order valence-electron chi connectivity index (χ2n) is 5.52. The summed E-state index contributed by atoms with van der Waals surface area (Å²) in [5.74, 6) is -0.355. The second kappa shape index (κ2) is 8.05. The Morgan fingerprint density at radius 1 is 1.29 bits per heavy atom. The van der Waals surface area contributed by atoms with Crippen LogP contribution >= 0.6 is 0 Å². The first-order valence-electron chi connectivity index (χ1n) is 7.60. The second-order valence-corrected chi connectivity index (χ2v) is 5.52. The molecule has 0 amide bonds. The summed E-state index contributed by atoms with van der Waals surface area (Å²) in [6, 6.07) is 12.6. The molecule has 1 aromatic carbocycles. The highest BCUT2D eigenvalue weighted by Gasteiger charge is 2.15. The molecule has 1 heterocycles. The van der Waals surface area contributed by atoms with Gasteiger partial charge in [0, 0.05) is 18.5 Å². The summed E-state index contributed by atoms with van der Waals surface area (Å²) in [7, 11) is 0. The third-order valence-corrected chi connectivity index (χ3v) is 3.64. The minimum absolute atomic E-state index is 0.0364. The number of aliphatic carboxylic acids is 1. The van der Waals surface area contributed by atoms with E-state index < -0.39 is 10.9 Å². The van der Waals surface area contributed by atoms with Crippen molar-refractivity contribution in [2.45, 2.75) is 32.2 Å². The van der Waals surface area contributed by atoms with Gasteiger partial charge in [0.2, 0.25) is 0 Å². The lowest BCUT2D eigenvalue weighted by Crippen LogP contribution is -2.24. The molecule has 2 N–H and O–H groups in total. The van der Waals surface area contributed by atoms with Crippen molar-refractivity contribution in [2.24, 2.45) is 0 Å². The van der Waals surface area contributed by atoms with Crippen LogP contribution in [-0.4, -0.2) is 27.0 Å². The van der Waals surface area contributed by atoms with Crippen LogP contribution < -0.4 is 5.32 Å². The summed E-state index contributed by atoms with van der Waals surface area (Å²) in [5.41, 5.74) is 1.37. The maximum atomic E-state index is 10.9. The first kappa shape index (κ1) is 17.4. The molecule has 2 aromatic rings. The molecule has 1 unspecified atom stereocenters. The Kier molecular flexibility index (Phi) is 5.83. The van der Waals surface area contributed by atoms with Crippen LogP contribution in [0.3, 0.4) is 0 Å². The maximum Gasteiger partial charge on any atom is 0.303 e. The number of rotatable bonds is 8. The Morgan fingerprint density at radius 3 is 2.58 bits per heavy atom. The molecule has 24 heavy (non-hydrogen) atoms. The largest absolute Gasteiger partial charge is 0.481 e. The summed E-state index contributed by atoms with van der Waals surface area (Å²) in [5, 5.41) is 23.0. The van der Waals surface area contributed by atoms with Crippen molar-refractivity contribution in [1.29, 1.82) is 0 Å². The number of carboxylic acid groups (broad SMARTS) is 1. The molecule has 0 aliphatic heterocycles. The summed E-state index contributed by atoms with van der Waals surface area (Å²) >= 11 is 0. The highest BCUT2D eigenvalue weighted by Crippen LogP contribution is 2.20. The van der Waals surface area contributed by atoms with Crippen molar-refractivity contribution >= 4 is 17.5 Å². The van der Waals surface area contributed by atoms with E-state index in [1.54, 1.807) is 13.0 Å². The number of anilines is 1. The smallest absolute Gasteiger partial charge is 0.303 e. The van der Waals surface area contributed by atoms with Crippen LogP contribution in [0.1, 0.15) is 24.1 Å². The quantitative estimate of drug-likeness (QED) is 0.569. The van der Waals surface area contributed by atoms with Gasteiger partial charge in [-0.15, -0.1) is 0 Å². The van der Waals surface area contributed by atoms with Crippen molar-refractivity contribution in [3.05, 3.63) is 63.8 Å². The average Bonchev–Trinajstić information content (AvgIpc) is 2.53. The zero-order valence-corrected chi connectivity index (χ0v) is 13.3. The minimum atomic E-state index is -0.859. The summed E-state index contributed by atoms with van der Waals surface area (Å²) < 4.78 is 0. The van der Waals surface area contributed by atoms with Crippen LogP contribution in [0.2, 0.25) is 0 Å². The van der Waals surface area contributed by atoms with E-state index in [2.05, 4.69) is 10.3 Å². The lowest BCUT2D eigenvalue weighted by molar-refractivity contribution is -0.385. The van der Waals surface area contributed by atoms with Gasteiger partial charge in [-0.2, -0.15) is 0 Å². The molecule has 0 aliphatic carbocycles. The van der Waals surface area contributed by atoms with Crippen molar-refractivity contribution in [3.8, 4) is 0 Å². The van der Waals surface area contributed by atoms with Crippen molar-refractivity contribution in [1.82, 2.24) is 4.98 Å². The zero-order chi connectivity index (χ0) is 17.5. The van der Waals surface area contributed by atoms with Crippen LogP contribution in [0.4, 0.5) is 11.5 Å². The number of hydrogen-bond donors (Lipinski definition) is 2. The third-order valence-electron chi connectivity index (χ3n) is 3.64. The topological polar surface area (TPSA) is 105 Å². The van der Waals surface area contributed by atoms with E-state index in [9.17, 15) is 14.9 Å². The van der Waals surface area contributed by atoms with Gasteiger partial charge in [0.15, 0.2) is 0 Å². The predicted molar refractivity (Wildman–Crippen MR) is 90.1 cm³/mol. The van der Waals surface area contributed by atoms with Crippen LogP contribution in [-0.2, 0) is 11.2 Å². The Hall–Kier alpha value is -2.96. The van der Waals surface area contributed by atoms with E-state index in [0.717, 1.165) is 5.56 Å². The van der Waals surface area contributed by atoms with E-state index in [4.69, 9.17) is 5.11 Å². The summed E-state index contributed by atoms with van der Waals surface area (Å²) in [6.07, 6.45) is 1.12. The standard InChI is InChI=1S/C17H19N3O4/c1-12-15(20(23)24)8-9-16(18-12)19-14(7-10-17(21)22)11-13-5-3-2-4-6-13/h2-6,8-9,14H,7,10-11H2,1H3,(H,18,19)(H,21,22). The maximum absolute atomic E-state index is 10.9. The molecule has 7 nitrogen and oxygen atoms in total. The van der Waals surface area contributed by atoms with Crippen LogP contribution in [0.5, 0.6) is 0 Å². The minimum Gasteiger partial charge on any atom is -0.481 e. The number of nitrogens with zero attached hydrogens (tertiary/aromatic N) is 2. The molecule has 0 aliphatic rings. The summed E-state index contributed by atoms with van der Waals surface area (Å²) in [6.45, 7) is 1.58. The molecule has 2 rings (SSSR count). The van der Waals surface area contributed by atoms with Crippen molar-refractivity contribution < 1.29 is 14.8 Å². The van der Waals surface area contributed by atoms with Gasteiger partial charge in [-0.1, -0.05) is 30.3 Å². The number of aromatic nitrogens is 1. The van der Waals surface area contributed by atoms with Gasteiger partial charge < -0.3 is 10.4 Å². The van der Waals surface area contributed by atoms with Crippen LogP contribution in [0.25, 0.3) is 0 Å². The Labute approximate surface area is 139 Å². The van der Waals surface area contributed by atoms with Gasteiger partial charge in [-0.3, -0.25) is 14.9 Å². The lowest BCUT2D eigenvalue weighted by atomic mass is 10.0.